The summed E-state index contributed by atoms with van der Waals surface area (Å²) in [6.07, 6.45) is 0. The summed E-state index contributed by atoms with van der Waals surface area (Å²) in [6.45, 7) is 3.69. The van der Waals surface area contributed by atoms with E-state index in [9.17, 15) is 4.39 Å². The van der Waals surface area contributed by atoms with Crippen molar-refractivity contribution >= 4 is 11.5 Å². The van der Waals surface area contributed by atoms with E-state index < -0.39 is 5.82 Å². The predicted molar refractivity (Wildman–Crippen MR) is 61.5 cm³/mol. The van der Waals surface area contributed by atoms with Crippen LogP contribution in [0.4, 0.5) is 10.1 Å². The van der Waals surface area contributed by atoms with Crippen molar-refractivity contribution in [2.45, 2.75) is 19.9 Å². The molecule has 0 aliphatic carbocycles. The van der Waals surface area contributed by atoms with E-state index in [0.717, 1.165) is 0 Å². The van der Waals surface area contributed by atoms with E-state index in [2.05, 4.69) is 15.4 Å². The number of hydrogen-bond donors (Lipinski definition) is 2. The summed E-state index contributed by atoms with van der Waals surface area (Å²) in [5.74, 6) is -0.538. The Labute approximate surface area is 93.0 Å². The summed E-state index contributed by atoms with van der Waals surface area (Å²) < 4.78 is 13.3. The van der Waals surface area contributed by atoms with Crippen LogP contribution in [0.25, 0.3) is 0 Å². The molecule has 86 valence electrons. The maximum absolute atomic E-state index is 13.3. The first-order valence-electron chi connectivity index (χ1n) is 4.79. The summed E-state index contributed by atoms with van der Waals surface area (Å²) >= 11 is 0. The number of nitrogen functional groups attached to an aromatic ring is 1. The van der Waals surface area contributed by atoms with Crippen LogP contribution in [0.2, 0.25) is 0 Å². The molecule has 0 bridgehead atoms. The third kappa shape index (κ3) is 3.30. The summed E-state index contributed by atoms with van der Waals surface area (Å²) in [4.78, 5) is 0. The van der Waals surface area contributed by atoms with Gasteiger partial charge in [-0.1, -0.05) is 0 Å². The fraction of sp³-hybridized carbons (Fsp3) is 0.300. The van der Waals surface area contributed by atoms with Crippen molar-refractivity contribution in [1.29, 1.82) is 0 Å². The minimum absolute atomic E-state index is 0.0160. The average Bonchev–Trinajstić information content (AvgIpc) is 2.21. The Morgan fingerprint density at radius 1 is 1.38 bits per heavy atom. The highest BCUT2D eigenvalue weighted by molar-refractivity contribution is 5.98. The van der Waals surface area contributed by atoms with Crippen LogP contribution in [-0.2, 0) is 0 Å². The van der Waals surface area contributed by atoms with E-state index in [4.69, 9.17) is 11.5 Å². The molecule has 0 aliphatic heterocycles. The first-order valence-corrected chi connectivity index (χ1v) is 4.79. The molecule has 0 aromatic heterocycles. The van der Waals surface area contributed by atoms with Crippen LogP contribution in [0.1, 0.15) is 19.4 Å². The predicted octanol–water partition coefficient (Wildman–Crippen LogP) is 1.89. The van der Waals surface area contributed by atoms with Gasteiger partial charge in [0.05, 0.1) is 11.6 Å². The van der Waals surface area contributed by atoms with E-state index in [-0.39, 0.29) is 17.4 Å². The Kier molecular flexibility index (Phi) is 3.93. The van der Waals surface area contributed by atoms with E-state index in [1.54, 1.807) is 0 Å². The normalized spacial score (nSPS) is 12.6. The van der Waals surface area contributed by atoms with Crippen molar-refractivity contribution < 1.29 is 4.39 Å². The zero-order chi connectivity index (χ0) is 12.1. The van der Waals surface area contributed by atoms with Crippen LogP contribution in [0.3, 0.4) is 0 Å². The monoisotopic (exact) mass is 223 g/mol. The van der Waals surface area contributed by atoms with Gasteiger partial charge in [0.2, 0.25) is 0 Å². The van der Waals surface area contributed by atoms with Crippen molar-refractivity contribution in [2.24, 2.45) is 21.2 Å². The molecule has 1 aromatic carbocycles. The number of hydrogen-bond acceptors (Lipinski definition) is 3. The van der Waals surface area contributed by atoms with Crippen molar-refractivity contribution in [3.05, 3.63) is 29.6 Å². The largest absolute Gasteiger partial charge is 0.399 e. The highest BCUT2D eigenvalue weighted by atomic mass is 19.1. The van der Waals surface area contributed by atoms with Gasteiger partial charge in [0, 0.05) is 5.69 Å². The first-order chi connectivity index (χ1) is 7.50. The van der Waals surface area contributed by atoms with Crippen LogP contribution in [0, 0.1) is 5.82 Å². The molecule has 4 N–H and O–H groups in total. The van der Waals surface area contributed by atoms with Gasteiger partial charge in [0.25, 0.3) is 0 Å². The summed E-state index contributed by atoms with van der Waals surface area (Å²) in [6, 6.07) is 4.09. The Morgan fingerprint density at radius 3 is 2.69 bits per heavy atom. The fourth-order valence-corrected chi connectivity index (χ4v) is 0.970. The Bertz CT molecular complexity index is 425. The molecule has 0 saturated carbocycles. The molecule has 0 fully saturated rings. The SMILES string of the molecule is CC(C)N=NN=C(N)c1cc(N)ccc1F. The van der Waals surface area contributed by atoms with E-state index in [0.29, 0.717) is 5.69 Å². The summed E-state index contributed by atoms with van der Waals surface area (Å²) in [5.41, 5.74) is 11.6. The zero-order valence-corrected chi connectivity index (χ0v) is 9.18. The van der Waals surface area contributed by atoms with Crippen molar-refractivity contribution in [2.75, 3.05) is 5.73 Å². The van der Waals surface area contributed by atoms with Crippen molar-refractivity contribution in [3.8, 4) is 0 Å². The first kappa shape index (κ1) is 12.1. The number of rotatable bonds is 3. The quantitative estimate of drug-likeness (QED) is 0.269. The van der Waals surface area contributed by atoms with Crippen LogP contribution < -0.4 is 11.5 Å². The second kappa shape index (κ2) is 5.20. The van der Waals surface area contributed by atoms with Crippen LogP contribution in [0.5, 0.6) is 0 Å². The van der Waals surface area contributed by atoms with Gasteiger partial charge in [-0.05, 0) is 37.3 Å². The smallest absolute Gasteiger partial charge is 0.158 e. The standard InChI is InChI=1S/C10H14FN5/c1-6(2)14-16-15-10(13)8-5-7(12)3-4-9(8)11/h3-6H,12H2,1-2H3,(H2,13,14,15). The maximum atomic E-state index is 13.3. The molecule has 6 heteroatoms. The molecule has 0 atom stereocenters. The number of nitrogens with zero attached hydrogens (tertiary/aromatic N) is 3. The second-order valence-electron chi connectivity index (χ2n) is 3.52. The van der Waals surface area contributed by atoms with Crippen LogP contribution >= 0.6 is 0 Å². The lowest BCUT2D eigenvalue weighted by Crippen LogP contribution is -2.15. The minimum atomic E-state index is -0.491. The third-order valence-electron chi connectivity index (χ3n) is 1.70. The fourth-order valence-electron chi connectivity index (χ4n) is 0.970. The number of halogens is 1. The molecule has 0 aliphatic rings. The molecule has 0 amide bonds. The lowest BCUT2D eigenvalue weighted by molar-refractivity contribution is 0.625. The van der Waals surface area contributed by atoms with Gasteiger partial charge in [-0.15, -0.1) is 5.10 Å². The van der Waals surface area contributed by atoms with Crippen LogP contribution in [0.15, 0.2) is 33.6 Å². The van der Waals surface area contributed by atoms with E-state index in [1.165, 1.54) is 18.2 Å². The van der Waals surface area contributed by atoms with E-state index >= 15 is 0 Å². The maximum Gasteiger partial charge on any atom is 0.158 e. The molecular weight excluding hydrogens is 209 g/mol. The van der Waals surface area contributed by atoms with Gasteiger partial charge in [-0.25, -0.2) is 4.39 Å². The molecule has 1 aromatic rings. The molecule has 0 unspecified atom stereocenters. The molecule has 0 saturated heterocycles. The zero-order valence-electron chi connectivity index (χ0n) is 9.18. The molecule has 0 spiro atoms. The topological polar surface area (TPSA) is 89.1 Å². The number of nitrogens with two attached hydrogens (primary N) is 2. The van der Waals surface area contributed by atoms with Crippen molar-refractivity contribution in [1.82, 2.24) is 0 Å². The Balaban J connectivity index is 2.95. The number of amidine groups is 1. The molecule has 0 heterocycles. The molecule has 5 nitrogen and oxygen atoms in total. The number of anilines is 1. The summed E-state index contributed by atoms with van der Waals surface area (Å²) in [5, 5.41) is 10.8. The van der Waals surface area contributed by atoms with Gasteiger partial charge in [-0.2, -0.15) is 5.11 Å². The van der Waals surface area contributed by atoms with Crippen LogP contribution in [-0.4, -0.2) is 11.9 Å². The summed E-state index contributed by atoms with van der Waals surface area (Å²) in [7, 11) is 0. The van der Waals surface area contributed by atoms with E-state index in [1.807, 2.05) is 13.8 Å². The molecule has 0 radical (unpaired) electrons. The Morgan fingerprint density at radius 2 is 2.06 bits per heavy atom. The molecular formula is C10H14FN5. The lowest BCUT2D eigenvalue weighted by Gasteiger charge is -2.01. The average molecular weight is 223 g/mol. The van der Waals surface area contributed by atoms with Gasteiger partial charge in [-0.3, -0.25) is 0 Å². The minimum Gasteiger partial charge on any atom is -0.399 e. The van der Waals surface area contributed by atoms with Gasteiger partial charge in [0.15, 0.2) is 5.84 Å². The van der Waals surface area contributed by atoms with Gasteiger partial charge < -0.3 is 11.5 Å². The molecule has 1 rings (SSSR count). The van der Waals surface area contributed by atoms with Gasteiger partial charge in [0.1, 0.15) is 5.82 Å². The highest BCUT2D eigenvalue weighted by Gasteiger charge is 2.06. The lowest BCUT2D eigenvalue weighted by atomic mass is 10.2. The number of benzene rings is 1. The highest BCUT2D eigenvalue weighted by Crippen LogP contribution is 2.11. The third-order valence-corrected chi connectivity index (χ3v) is 1.70. The molecule has 16 heavy (non-hydrogen) atoms. The van der Waals surface area contributed by atoms with Crippen molar-refractivity contribution in [3.63, 3.8) is 0 Å². The van der Waals surface area contributed by atoms with Gasteiger partial charge >= 0.3 is 0 Å². The second-order valence-corrected chi connectivity index (χ2v) is 3.52. The Hall–Kier alpha value is -1.98.